The molecule has 11 aromatic rings. The Hall–Kier alpha value is -7.74. The molecule has 11 rings (SSSR count). The first-order valence-electron chi connectivity index (χ1n) is 20.3. The van der Waals surface area contributed by atoms with E-state index in [0.717, 1.165) is 17.1 Å². The van der Waals surface area contributed by atoms with E-state index in [1.165, 1.54) is 87.6 Å². The summed E-state index contributed by atoms with van der Waals surface area (Å²) in [4.78, 5) is 2.39. The zero-order valence-corrected chi connectivity index (χ0v) is 32.5. The number of nitrogens with zero attached hydrogens (tertiary/aromatic N) is 1. The Morgan fingerprint density at radius 1 is 0.203 bits per heavy atom. The molecule has 0 aliphatic rings. The van der Waals surface area contributed by atoms with Gasteiger partial charge in [0.05, 0.1) is 0 Å². The average molecular weight is 750 g/mol. The molecule has 0 aliphatic heterocycles. The van der Waals surface area contributed by atoms with Crippen LogP contribution in [0.3, 0.4) is 0 Å². The number of anilines is 3. The third-order valence-electron chi connectivity index (χ3n) is 11.9. The van der Waals surface area contributed by atoms with Gasteiger partial charge in [0, 0.05) is 17.1 Å². The Balaban J connectivity index is 1.05. The quantitative estimate of drug-likeness (QED) is 0.147. The first kappa shape index (κ1) is 34.5. The molecule has 0 heterocycles. The monoisotopic (exact) mass is 749 g/mol. The van der Waals surface area contributed by atoms with Crippen LogP contribution in [-0.2, 0) is 0 Å². The van der Waals surface area contributed by atoms with Crippen molar-refractivity contribution in [3.63, 3.8) is 0 Å². The maximum atomic E-state index is 2.39. The average Bonchev–Trinajstić information content (AvgIpc) is 3.32. The normalized spacial score (nSPS) is 11.4. The van der Waals surface area contributed by atoms with Crippen LogP contribution in [0.15, 0.2) is 237 Å². The number of fused-ring (bicyclic) bond motifs is 6. The zero-order valence-electron chi connectivity index (χ0n) is 32.5. The van der Waals surface area contributed by atoms with Crippen molar-refractivity contribution < 1.29 is 0 Å². The minimum Gasteiger partial charge on any atom is -0.310 e. The molecule has 0 aliphatic carbocycles. The maximum absolute atomic E-state index is 2.39. The van der Waals surface area contributed by atoms with E-state index in [0.29, 0.717) is 0 Å². The van der Waals surface area contributed by atoms with Crippen molar-refractivity contribution in [1.29, 1.82) is 0 Å². The molecule has 1 nitrogen and oxygen atoms in total. The molecule has 276 valence electrons. The lowest BCUT2D eigenvalue weighted by atomic mass is 9.90. The van der Waals surface area contributed by atoms with E-state index in [9.17, 15) is 0 Å². The highest BCUT2D eigenvalue weighted by atomic mass is 15.1. The molecule has 0 N–H and O–H groups in total. The largest absolute Gasteiger partial charge is 0.310 e. The van der Waals surface area contributed by atoms with Crippen LogP contribution < -0.4 is 4.90 Å². The van der Waals surface area contributed by atoms with E-state index in [4.69, 9.17) is 0 Å². The highest BCUT2D eigenvalue weighted by molar-refractivity contribution is 6.17. The molecular weight excluding hydrogens is 711 g/mol. The van der Waals surface area contributed by atoms with E-state index in [1.807, 2.05) is 0 Å². The van der Waals surface area contributed by atoms with Gasteiger partial charge in [-0.1, -0.05) is 194 Å². The Labute approximate surface area is 344 Å². The van der Waals surface area contributed by atoms with Crippen molar-refractivity contribution in [3.8, 4) is 44.5 Å². The summed E-state index contributed by atoms with van der Waals surface area (Å²) in [7, 11) is 0. The van der Waals surface area contributed by atoms with Gasteiger partial charge >= 0.3 is 0 Å². The fourth-order valence-electron chi connectivity index (χ4n) is 8.91. The van der Waals surface area contributed by atoms with Gasteiger partial charge in [0.25, 0.3) is 0 Å². The fourth-order valence-corrected chi connectivity index (χ4v) is 8.91. The van der Waals surface area contributed by atoms with Crippen molar-refractivity contribution in [2.75, 3.05) is 4.90 Å². The summed E-state index contributed by atoms with van der Waals surface area (Å²) in [5, 5.41) is 10.1. The lowest BCUT2D eigenvalue weighted by molar-refractivity contribution is 1.28. The third-order valence-corrected chi connectivity index (χ3v) is 11.9. The summed E-state index contributed by atoms with van der Waals surface area (Å²) < 4.78 is 0. The standard InChI is InChI=1S/C58H39N/c1-3-12-40(13-4-1)41-24-30-48(31-25-41)59(50-34-37-53(43-14-5-2-6-15-43)58(39-50)54-21-11-18-44-16-7-9-19-51(44)54)49-32-26-42(27-33-49)47-23-22-46-29-35-55-52-20-10-8-17-45(52)28-36-56(55)57(46)38-47/h1-39H. The molecule has 0 amide bonds. The van der Waals surface area contributed by atoms with Crippen LogP contribution >= 0.6 is 0 Å². The van der Waals surface area contributed by atoms with Crippen molar-refractivity contribution in [1.82, 2.24) is 0 Å². The SMILES string of the molecule is c1ccc(-c2ccc(N(c3ccc(-c4ccc5ccc6c7ccccc7ccc6c5c4)cc3)c3ccc(-c4ccccc4)c(-c4cccc5ccccc45)c3)cc2)cc1. The van der Waals surface area contributed by atoms with Gasteiger partial charge in [-0.3, -0.25) is 0 Å². The molecule has 11 aromatic carbocycles. The summed E-state index contributed by atoms with van der Waals surface area (Å²) in [6, 6.07) is 86.3. The topological polar surface area (TPSA) is 3.24 Å². The van der Waals surface area contributed by atoms with Gasteiger partial charge in [-0.15, -0.1) is 0 Å². The van der Waals surface area contributed by atoms with Crippen molar-refractivity contribution in [2.24, 2.45) is 0 Å². The van der Waals surface area contributed by atoms with E-state index >= 15 is 0 Å². The lowest BCUT2D eigenvalue weighted by Gasteiger charge is -2.27. The van der Waals surface area contributed by atoms with Crippen LogP contribution in [0.1, 0.15) is 0 Å². The van der Waals surface area contributed by atoms with E-state index in [2.05, 4.69) is 241 Å². The highest BCUT2D eigenvalue weighted by Gasteiger charge is 2.18. The summed E-state index contributed by atoms with van der Waals surface area (Å²) >= 11 is 0. The van der Waals surface area contributed by atoms with Gasteiger partial charge in [-0.25, -0.2) is 0 Å². The van der Waals surface area contributed by atoms with E-state index < -0.39 is 0 Å². The number of rotatable bonds is 7. The highest BCUT2D eigenvalue weighted by Crippen LogP contribution is 2.43. The predicted octanol–water partition coefficient (Wildman–Crippen LogP) is 16.4. The third kappa shape index (κ3) is 6.30. The molecule has 0 saturated carbocycles. The Morgan fingerprint density at radius 2 is 0.678 bits per heavy atom. The smallest absolute Gasteiger partial charge is 0.0468 e. The minimum atomic E-state index is 1.09. The van der Waals surface area contributed by atoms with E-state index in [1.54, 1.807) is 0 Å². The Morgan fingerprint density at radius 3 is 1.37 bits per heavy atom. The molecule has 0 spiro atoms. The van der Waals surface area contributed by atoms with Crippen molar-refractivity contribution in [3.05, 3.63) is 237 Å². The fraction of sp³-hybridized carbons (Fsp3) is 0. The molecule has 59 heavy (non-hydrogen) atoms. The van der Waals surface area contributed by atoms with Crippen molar-refractivity contribution in [2.45, 2.75) is 0 Å². The van der Waals surface area contributed by atoms with Crippen LogP contribution in [0.5, 0.6) is 0 Å². The molecule has 0 unspecified atom stereocenters. The van der Waals surface area contributed by atoms with Crippen LogP contribution in [0.2, 0.25) is 0 Å². The van der Waals surface area contributed by atoms with E-state index in [-0.39, 0.29) is 0 Å². The molecule has 0 bridgehead atoms. The Kier molecular flexibility index (Phi) is 8.56. The summed E-state index contributed by atoms with van der Waals surface area (Å²) in [6.07, 6.45) is 0. The zero-order chi connectivity index (χ0) is 39.1. The van der Waals surface area contributed by atoms with Gasteiger partial charge < -0.3 is 4.90 Å². The molecule has 0 aromatic heterocycles. The summed E-state index contributed by atoms with van der Waals surface area (Å²) in [6.45, 7) is 0. The number of hydrogen-bond acceptors (Lipinski definition) is 1. The maximum Gasteiger partial charge on any atom is 0.0468 e. The first-order valence-corrected chi connectivity index (χ1v) is 20.3. The van der Waals surface area contributed by atoms with Crippen molar-refractivity contribution >= 4 is 60.2 Å². The lowest BCUT2D eigenvalue weighted by Crippen LogP contribution is -2.10. The second kappa shape index (κ2) is 14.6. The minimum absolute atomic E-state index is 1.09. The van der Waals surface area contributed by atoms with Gasteiger partial charge in [0.1, 0.15) is 0 Å². The first-order chi connectivity index (χ1) is 29.2. The molecule has 1 heteroatoms. The van der Waals surface area contributed by atoms with Gasteiger partial charge in [-0.05, 0) is 130 Å². The summed E-state index contributed by atoms with van der Waals surface area (Å²) in [5.41, 5.74) is 12.9. The number of hydrogen-bond donors (Lipinski definition) is 0. The molecule has 0 fully saturated rings. The summed E-state index contributed by atoms with van der Waals surface area (Å²) in [5.74, 6) is 0. The molecule has 0 saturated heterocycles. The van der Waals surface area contributed by atoms with Gasteiger partial charge in [0.15, 0.2) is 0 Å². The van der Waals surface area contributed by atoms with Gasteiger partial charge in [-0.2, -0.15) is 0 Å². The number of benzene rings is 11. The predicted molar refractivity (Wildman–Crippen MR) is 253 cm³/mol. The Bertz CT molecular complexity index is 3290. The van der Waals surface area contributed by atoms with Crippen LogP contribution in [0, 0.1) is 0 Å². The van der Waals surface area contributed by atoms with Gasteiger partial charge in [0.2, 0.25) is 0 Å². The second-order valence-corrected chi connectivity index (χ2v) is 15.3. The molecule has 0 radical (unpaired) electrons. The second-order valence-electron chi connectivity index (χ2n) is 15.3. The van der Waals surface area contributed by atoms with Crippen LogP contribution in [0.4, 0.5) is 17.1 Å². The van der Waals surface area contributed by atoms with Crippen LogP contribution in [-0.4, -0.2) is 0 Å². The van der Waals surface area contributed by atoms with Crippen LogP contribution in [0.25, 0.3) is 87.6 Å². The molecular formula is C58H39N. The molecule has 0 atom stereocenters.